The van der Waals surface area contributed by atoms with Gasteiger partial charge in [-0.15, -0.1) is 0 Å². The van der Waals surface area contributed by atoms with Crippen LogP contribution in [0, 0.1) is 5.92 Å². The van der Waals surface area contributed by atoms with Gasteiger partial charge in [-0.1, -0.05) is 73.9 Å². The number of hydrogen-bond acceptors (Lipinski definition) is 2. The van der Waals surface area contributed by atoms with E-state index in [0.717, 1.165) is 55.6 Å². The maximum absolute atomic E-state index is 12.4. The van der Waals surface area contributed by atoms with Gasteiger partial charge in [0.1, 0.15) is 5.82 Å². The zero-order valence-corrected chi connectivity index (χ0v) is 17.6. The Kier molecular flexibility index (Phi) is 6.96. The van der Waals surface area contributed by atoms with E-state index >= 15 is 0 Å². The van der Waals surface area contributed by atoms with Crippen molar-refractivity contribution in [3.05, 3.63) is 72.1 Å². The van der Waals surface area contributed by atoms with E-state index in [-0.39, 0.29) is 11.8 Å². The average Bonchev–Trinajstić information content (AvgIpc) is 3.15. The van der Waals surface area contributed by atoms with Gasteiger partial charge in [-0.05, 0) is 37.0 Å². The highest BCUT2D eigenvalue weighted by atomic mass is 16.1. The SMILES string of the molecule is O=C(NCCCc1nc2ccccc2n1CC=Cc1ccccc1)C1CCCCC1. The van der Waals surface area contributed by atoms with Crippen molar-refractivity contribution in [3.8, 4) is 0 Å². The number of nitrogens with one attached hydrogen (secondary N) is 1. The molecule has 0 radical (unpaired) electrons. The number of hydrogen-bond donors (Lipinski definition) is 1. The topological polar surface area (TPSA) is 46.9 Å². The van der Waals surface area contributed by atoms with Crippen LogP contribution in [-0.4, -0.2) is 22.0 Å². The molecule has 0 aliphatic heterocycles. The number of amides is 1. The third kappa shape index (κ3) is 5.18. The molecule has 1 aliphatic rings. The summed E-state index contributed by atoms with van der Waals surface area (Å²) in [7, 11) is 0. The number of para-hydroxylation sites is 2. The Balaban J connectivity index is 1.37. The molecule has 30 heavy (non-hydrogen) atoms. The predicted molar refractivity (Wildman–Crippen MR) is 123 cm³/mol. The molecular formula is C26H31N3O. The van der Waals surface area contributed by atoms with Crippen LogP contribution < -0.4 is 5.32 Å². The number of carbonyl (C=O) groups excluding carboxylic acids is 1. The van der Waals surface area contributed by atoms with E-state index in [4.69, 9.17) is 4.98 Å². The maximum atomic E-state index is 12.4. The second-order valence-corrected chi connectivity index (χ2v) is 8.17. The number of rotatable bonds is 8. The highest BCUT2D eigenvalue weighted by Crippen LogP contribution is 2.23. The van der Waals surface area contributed by atoms with E-state index < -0.39 is 0 Å². The first kappa shape index (κ1) is 20.4. The highest BCUT2D eigenvalue weighted by molar-refractivity contribution is 5.78. The van der Waals surface area contributed by atoms with Crippen LogP contribution in [0.1, 0.15) is 49.9 Å². The third-order valence-corrected chi connectivity index (χ3v) is 5.98. The van der Waals surface area contributed by atoms with Gasteiger partial charge in [0.25, 0.3) is 0 Å². The largest absolute Gasteiger partial charge is 0.356 e. The van der Waals surface area contributed by atoms with E-state index in [1.54, 1.807) is 0 Å². The number of fused-ring (bicyclic) bond motifs is 1. The molecule has 0 bridgehead atoms. The van der Waals surface area contributed by atoms with Crippen LogP contribution in [0.3, 0.4) is 0 Å². The maximum Gasteiger partial charge on any atom is 0.223 e. The van der Waals surface area contributed by atoms with Gasteiger partial charge in [-0.3, -0.25) is 4.79 Å². The standard InChI is InChI=1S/C26H31N3O/c30-26(22-14-5-2-6-15-22)27-19-9-18-25-28-23-16-7-8-17-24(23)29(25)20-10-13-21-11-3-1-4-12-21/h1,3-4,7-8,10-13,16-17,22H,2,5-6,9,14-15,18-20H2,(H,27,30). The lowest BCUT2D eigenvalue weighted by atomic mass is 9.89. The molecule has 156 valence electrons. The Labute approximate surface area is 179 Å². The Morgan fingerprint density at radius 2 is 1.80 bits per heavy atom. The molecule has 0 saturated heterocycles. The summed E-state index contributed by atoms with van der Waals surface area (Å²) in [5.74, 6) is 1.56. The Morgan fingerprint density at radius 3 is 2.63 bits per heavy atom. The summed E-state index contributed by atoms with van der Waals surface area (Å²) in [5.41, 5.74) is 3.40. The third-order valence-electron chi connectivity index (χ3n) is 5.98. The summed E-state index contributed by atoms with van der Waals surface area (Å²) < 4.78 is 2.29. The number of carbonyl (C=O) groups is 1. The zero-order chi connectivity index (χ0) is 20.6. The first-order valence-electron chi connectivity index (χ1n) is 11.2. The number of allylic oxidation sites excluding steroid dienone is 1. The number of benzene rings is 2. The fraction of sp³-hybridized carbons (Fsp3) is 0.385. The van der Waals surface area contributed by atoms with Crippen LogP contribution >= 0.6 is 0 Å². The van der Waals surface area contributed by atoms with Gasteiger partial charge in [0.05, 0.1) is 11.0 Å². The van der Waals surface area contributed by atoms with E-state index in [1.165, 1.54) is 24.8 Å². The van der Waals surface area contributed by atoms with Crippen molar-refractivity contribution in [2.45, 2.75) is 51.5 Å². The monoisotopic (exact) mass is 401 g/mol. The van der Waals surface area contributed by atoms with Crippen LogP contribution in [0.2, 0.25) is 0 Å². The normalized spacial score (nSPS) is 15.1. The number of imidazole rings is 1. The van der Waals surface area contributed by atoms with E-state index in [2.05, 4.69) is 64.5 Å². The lowest BCUT2D eigenvalue weighted by molar-refractivity contribution is -0.125. The van der Waals surface area contributed by atoms with E-state index in [1.807, 2.05) is 12.1 Å². The molecule has 4 nitrogen and oxygen atoms in total. The lowest BCUT2D eigenvalue weighted by Gasteiger charge is -2.20. The minimum absolute atomic E-state index is 0.228. The van der Waals surface area contributed by atoms with Crippen molar-refractivity contribution in [2.75, 3.05) is 6.54 Å². The van der Waals surface area contributed by atoms with Gasteiger partial charge in [0.2, 0.25) is 5.91 Å². The molecular weight excluding hydrogens is 370 g/mol. The first-order valence-corrected chi connectivity index (χ1v) is 11.2. The zero-order valence-electron chi connectivity index (χ0n) is 17.6. The summed E-state index contributed by atoms with van der Waals surface area (Å²) in [6.07, 6.45) is 11.9. The fourth-order valence-electron chi connectivity index (χ4n) is 4.35. The summed E-state index contributed by atoms with van der Waals surface area (Å²) in [6, 6.07) is 18.7. The molecule has 3 aromatic rings. The van der Waals surface area contributed by atoms with Crippen molar-refractivity contribution in [2.24, 2.45) is 5.92 Å². The van der Waals surface area contributed by atoms with Crippen molar-refractivity contribution in [1.29, 1.82) is 0 Å². The minimum atomic E-state index is 0.228. The molecule has 1 saturated carbocycles. The van der Waals surface area contributed by atoms with Crippen LogP contribution in [0.15, 0.2) is 60.7 Å². The molecule has 2 aromatic carbocycles. The Morgan fingerprint density at radius 1 is 1.03 bits per heavy atom. The summed E-state index contributed by atoms with van der Waals surface area (Å²) >= 11 is 0. The second kappa shape index (κ2) is 10.2. The van der Waals surface area contributed by atoms with Gasteiger partial charge in [-0.25, -0.2) is 4.98 Å². The summed E-state index contributed by atoms with van der Waals surface area (Å²) in [6.45, 7) is 1.51. The van der Waals surface area contributed by atoms with Crippen molar-refractivity contribution < 1.29 is 4.79 Å². The fourth-order valence-corrected chi connectivity index (χ4v) is 4.35. The average molecular weight is 402 g/mol. The first-order chi connectivity index (χ1) is 14.8. The quantitative estimate of drug-likeness (QED) is 0.515. The van der Waals surface area contributed by atoms with E-state index in [0.29, 0.717) is 0 Å². The van der Waals surface area contributed by atoms with Crippen LogP contribution in [-0.2, 0) is 17.8 Å². The van der Waals surface area contributed by atoms with Crippen molar-refractivity contribution >= 4 is 23.0 Å². The van der Waals surface area contributed by atoms with Crippen molar-refractivity contribution in [3.63, 3.8) is 0 Å². The smallest absolute Gasteiger partial charge is 0.223 e. The molecule has 1 N–H and O–H groups in total. The summed E-state index contributed by atoms with van der Waals surface area (Å²) in [4.78, 5) is 17.2. The number of aryl methyl sites for hydroxylation is 1. The Bertz CT molecular complexity index is 984. The molecule has 1 heterocycles. The van der Waals surface area contributed by atoms with Gasteiger partial charge in [0, 0.05) is 25.4 Å². The molecule has 0 unspecified atom stereocenters. The van der Waals surface area contributed by atoms with Crippen LogP contribution in [0.25, 0.3) is 17.1 Å². The lowest BCUT2D eigenvalue weighted by Crippen LogP contribution is -2.32. The van der Waals surface area contributed by atoms with Gasteiger partial charge in [-0.2, -0.15) is 0 Å². The molecule has 4 rings (SSSR count). The Hall–Kier alpha value is -2.88. The number of aromatic nitrogens is 2. The second-order valence-electron chi connectivity index (χ2n) is 8.17. The molecule has 4 heteroatoms. The summed E-state index contributed by atoms with van der Waals surface area (Å²) in [5, 5.41) is 3.15. The van der Waals surface area contributed by atoms with Gasteiger partial charge >= 0.3 is 0 Å². The predicted octanol–water partition coefficient (Wildman–Crippen LogP) is 5.38. The van der Waals surface area contributed by atoms with Gasteiger partial charge < -0.3 is 9.88 Å². The molecule has 1 fully saturated rings. The van der Waals surface area contributed by atoms with E-state index in [9.17, 15) is 4.79 Å². The van der Waals surface area contributed by atoms with Crippen LogP contribution in [0.4, 0.5) is 0 Å². The molecule has 0 atom stereocenters. The minimum Gasteiger partial charge on any atom is -0.356 e. The highest BCUT2D eigenvalue weighted by Gasteiger charge is 2.20. The van der Waals surface area contributed by atoms with Gasteiger partial charge in [0.15, 0.2) is 0 Å². The van der Waals surface area contributed by atoms with Crippen LogP contribution in [0.5, 0.6) is 0 Å². The molecule has 0 spiro atoms. The molecule has 1 aromatic heterocycles. The van der Waals surface area contributed by atoms with Crippen molar-refractivity contribution in [1.82, 2.24) is 14.9 Å². The number of nitrogens with zero attached hydrogens (tertiary/aromatic N) is 2. The molecule has 1 aliphatic carbocycles. The molecule has 1 amide bonds.